The first-order valence-corrected chi connectivity index (χ1v) is 8.88. The largest absolute Gasteiger partial charge is 0.381 e. The van der Waals surface area contributed by atoms with E-state index in [1.54, 1.807) is 6.07 Å². The van der Waals surface area contributed by atoms with Crippen LogP contribution >= 0.6 is 11.6 Å². The van der Waals surface area contributed by atoms with E-state index in [9.17, 15) is 8.42 Å². The molecule has 1 fully saturated rings. The molecule has 3 N–H and O–H groups in total. The lowest BCUT2D eigenvalue weighted by molar-refractivity contribution is 0.0585. The molecule has 0 saturated carbocycles. The van der Waals surface area contributed by atoms with Gasteiger partial charge in [0.2, 0.25) is 10.0 Å². The van der Waals surface area contributed by atoms with Gasteiger partial charge in [-0.1, -0.05) is 17.7 Å². The minimum absolute atomic E-state index is 0.133. The zero-order valence-corrected chi connectivity index (χ0v) is 13.6. The van der Waals surface area contributed by atoms with E-state index in [0.29, 0.717) is 24.2 Å². The van der Waals surface area contributed by atoms with Crippen molar-refractivity contribution in [3.8, 4) is 0 Å². The number of ether oxygens (including phenoxy) is 1. The highest BCUT2D eigenvalue weighted by Gasteiger charge is 2.25. The normalized spacial score (nSPS) is 18.6. The molecular formula is C14H21ClN2O3S. The second-order valence-corrected chi connectivity index (χ2v) is 7.44. The SMILES string of the molecule is CC(NS(=O)(=O)c1ccc(CN)c(Cl)c1)C1CCOCC1. The molecule has 1 unspecified atom stereocenters. The molecule has 1 atom stereocenters. The lowest BCUT2D eigenvalue weighted by atomic mass is 9.94. The van der Waals surface area contributed by atoms with Gasteiger partial charge in [0.15, 0.2) is 0 Å². The Kier molecular flexibility index (Phi) is 5.62. The lowest BCUT2D eigenvalue weighted by Crippen LogP contribution is -2.40. The molecule has 1 aromatic carbocycles. The van der Waals surface area contributed by atoms with E-state index in [2.05, 4.69) is 4.72 Å². The van der Waals surface area contributed by atoms with Crippen LogP contribution in [0.15, 0.2) is 23.1 Å². The third-order valence-electron chi connectivity index (χ3n) is 3.87. The van der Waals surface area contributed by atoms with Gasteiger partial charge in [0.1, 0.15) is 0 Å². The maximum atomic E-state index is 12.4. The van der Waals surface area contributed by atoms with E-state index in [-0.39, 0.29) is 17.5 Å². The molecule has 0 radical (unpaired) electrons. The van der Waals surface area contributed by atoms with Crippen LogP contribution in [-0.2, 0) is 21.3 Å². The van der Waals surface area contributed by atoms with Crippen LogP contribution in [0.3, 0.4) is 0 Å². The summed E-state index contributed by atoms with van der Waals surface area (Å²) in [4.78, 5) is 0.170. The Hall–Kier alpha value is -0.660. The summed E-state index contributed by atoms with van der Waals surface area (Å²) in [5.74, 6) is 0.298. The van der Waals surface area contributed by atoms with E-state index in [1.165, 1.54) is 12.1 Å². The molecule has 2 rings (SSSR count). The predicted octanol–water partition coefficient (Wildman–Crippen LogP) is 1.89. The molecule has 1 saturated heterocycles. The first-order valence-electron chi connectivity index (χ1n) is 7.02. The van der Waals surface area contributed by atoms with Crippen molar-refractivity contribution in [3.05, 3.63) is 28.8 Å². The number of hydrogen-bond donors (Lipinski definition) is 2. The smallest absolute Gasteiger partial charge is 0.240 e. The van der Waals surface area contributed by atoms with Gasteiger partial charge in [-0.15, -0.1) is 0 Å². The van der Waals surface area contributed by atoms with Crippen LogP contribution in [-0.4, -0.2) is 27.7 Å². The fourth-order valence-electron chi connectivity index (χ4n) is 2.49. The van der Waals surface area contributed by atoms with Crippen molar-refractivity contribution in [2.75, 3.05) is 13.2 Å². The highest BCUT2D eigenvalue weighted by molar-refractivity contribution is 7.89. The number of sulfonamides is 1. The first-order chi connectivity index (χ1) is 9.94. The first kappa shape index (κ1) is 16.7. The van der Waals surface area contributed by atoms with Gasteiger partial charge < -0.3 is 10.5 Å². The molecule has 0 bridgehead atoms. The van der Waals surface area contributed by atoms with E-state index < -0.39 is 10.0 Å². The standard InChI is InChI=1S/C14H21ClN2O3S/c1-10(11-4-6-20-7-5-11)17-21(18,19)13-3-2-12(9-16)14(15)8-13/h2-3,8,10-11,17H,4-7,9,16H2,1H3. The number of hydrogen-bond acceptors (Lipinski definition) is 4. The highest BCUT2D eigenvalue weighted by Crippen LogP contribution is 2.23. The highest BCUT2D eigenvalue weighted by atomic mass is 35.5. The van der Waals surface area contributed by atoms with E-state index in [4.69, 9.17) is 22.1 Å². The van der Waals surface area contributed by atoms with Crippen molar-refractivity contribution < 1.29 is 13.2 Å². The van der Waals surface area contributed by atoms with Gasteiger partial charge in [-0.3, -0.25) is 0 Å². The van der Waals surface area contributed by atoms with Gasteiger partial charge in [-0.05, 0) is 43.4 Å². The minimum atomic E-state index is -3.57. The number of nitrogens with one attached hydrogen (secondary N) is 1. The van der Waals surface area contributed by atoms with E-state index in [1.807, 2.05) is 6.92 Å². The maximum Gasteiger partial charge on any atom is 0.240 e. The van der Waals surface area contributed by atoms with Crippen LogP contribution in [0.2, 0.25) is 5.02 Å². The van der Waals surface area contributed by atoms with Crippen LogP contribution in [0.25, 0.3) is 0 Å². The predicted molar refractivity (Wildman–Crippen MR) is 82.7 cm³/mol. The van der Waals surface area contributed by atoms with Crippen LogP contribution in [0, 0.1) is 5.92 Å². The molecule has 0 spiro atoms. The van der Waals surface area contributed by atoms with Gasteiger partial charge in [-0.2, -0.15) is 0 Å². The van der Waals surface area contributed by atoms with Crippen LogP contribution in [0.5, 0.6) is 0 Å². The van der Waals surface area contributed by atoms with Crippen molar-refractivity contribution in [1.29, 1.82) is 0 Å². The molecule has 0 amide bonds. The average molecular weight is 333 g/mol. The summed E-state index contributed by atoms with van der Waals surface area (Å²) in [7, 11) is -3.57. The molecule has 1 aliphatic heterocycles. The van der Waals surface area contributed by atoms with E-state index >= 15 is 0 Å². The summed E-state index contributed by atoms with van der Waals surface area (Å²) in [6.45, 7) is 3.55. The summed E-state index contributed by atoms with van der Waals surface area (Å²) < 4.78 is 32.8. The second kappa shape index (κ2) is 7.07. The Bertz CT molecular complexity index is 586. The Morgan fingerprint density at radius 1 is 1.43 bits per heavy atom. The summed E-state index contributed by atoms with van der Waals surface area (Å²) in [6, 6.07) is 4.50. The molecule has 0 aromatic heterocycles. The maximum absolute atomic E-state index is 12.4. The topological polar surface area (TPSA) is 81.4 Å². The van der Waals surface area contributed by atoms with Crippen LogP contribution < -0.4 is 10.5 Å². The summed E-state index contributed by atoms with van der Waals surface area (Å²) in [5.41, 5.74) is 6.26. The van der Waals surface area contributed by atoms with Gasteiger partial charge in [0.05, 0.1) is 4.90 Å². The van der Waals surface area contributed by atoms with Crippen molar-refractivity contribution in [2.24, 2.45) is 11.7 Å². The average Bonchev–Trinajstić information content (AvgIpc) is 2.47. The van der Waals surface area contributed by atoms with Crippen LogP contribution in [0.4, 0.5) is 0 Å². The fraction of sp³-hybridized carbons (Fsp3) is 0.571. The third-order valence-corrected chi connectivity index (χ3v) is 5.78. The van der Waals surface area contributed by atoms with Gasteiger partial charge in [0, 0.05) is 30.8 Å². The second-order valence-electron chi connectivity index (χ2n) is 5.32. The quantitative estimate of drug-likeness (QED) is 0.862. The third kappa shape index (κ3) is 4.17. The monoisotopic (exact) mass is 332 g/mol. The minimum Gasteiger partial charge on any atom is -0.381 e. The molecule has 118 valence electrons. The van der Waals surface area contributed by atoms with Gasteiger partial charge >= 0.3 is 0 Å². The van der Waals surface area contributed by atoms with Crippen molar-refractivity contribution >= 4 is 21.6 Å². The molecule has 0 aliphatic carbocycles. The molecule has 5 nitrogen and oxygen atoms in total. The molecule has 1 aromatic rings. The van der Waals surface area contributed by atoms with Gasteiger partial charge in [-0.25, -0.2) is 13.1 Å². The number of benzene rings is 1. The molecular weight excluding hydrogens is 312 g/mol. The van der Waals surface area contributed by atoms with Crippen molar-refractivity contribution in [3.63, 3.8) is 0 Å². The van der Waals surface area contributed by atoms with Crippen LogP contribution in [0.1, 0.15) is 25.3 Å². The lowest BCUT2D eigenvalue weighted by Gasteiger charge is -2.28. The molecule has 21 heavy (non-hydrogen) atoms. The van der Waals surface area contributed by atoms with E-state index in [0.717, 1.165) is 18.4 Å². The molecule has 7 heteroatoms. The Balaban J connectivity index is 2.12. The number of halogens is 1. The van der Waals surface area contributed by atoms with Gasteiger partial charge in [0.25, 0.3) is 0 Å². The van der Waals surface area contributed by atoms with Crippen molar-refractivity contribution in [1.82, 2.24) is 4.72 Å². The summed E-state index contributed by atoms with van der Waals surface area (Å²) >= 11 is 6.03. The Labute approximate surface area is 130 Å². The molecule has 1 aliphatic rings. The zero-order chi connectivity index (χ0) is 15.5. The fourth-order valence-corrected chi connectivity index (χ4v) is 4.15. The Morgan fingerprint density at radius 2 is 2.10 bits per heavy atom. The summed E-state index contributed by atoms with van der Waals surface area (Å²) in [6.07, 6.45) is 1.74. The number of nitrogens with two attached hydrogens (primary N) is 1. The van der Waals surface area contributed by atoms with Crippen molar-refractivity contribution in [2.45, 2.75) is 37.2 Å². The summed E-state index contributed by atoms with van der Waals surface area (Å²) in [5, 5.41) is 0.374. The number of rotatable bonds is 5. The Morgan fingerprint density at radius 3 is 2.67 bits per heavy atom. The molecule has 1 heterocycles. The zero-order valence-electron chi connectivity index (χ0n) is 12.0.